The Kier molecular flexibility index (Phi) is 7.60. The number of fused-ring (bicyclic) bond motifs is 1. The fourth-order valence-corrected chi connectivity index (χ4v) is 11.1. The number of para-hydroxylation sites is 1. The fourth-order valence-electron chi connectivity index (χ4n) is 11.1. The summed E-state index contributed by atoms with van der Waals surface area (Å²) in [6, 6.07) is 17.7. The maximum atomic E-state index is 16.1. The highest BCUT2D eigenvalue weighted by atomic mass is 19.1. The summed E-state index contributed by atoms with van der Waals surface area (Å²) in [7, 11) is 0. The third-order valence-electron chi connectivity index (χ3n) is 13.3. The highest BCUT2D eigenvalue weighted by Crippen LogP contribution is 2.61. The van der Waals surface area contributed by atoms with Crippen molar-refractivity contribution in [2.75, 3.05) is 45.0 Å². The van der Waals surface area contributed by atoms with E-state index in [1.54, 1.807) is 4.68 Å². The van der Waals surface area contributed by atoms with Crippen LogP contribution in [0.25, 0.3) is 22.3 Å². The van der Waals surface area contributed by atoms with Gasteiger partial charge in [0.15, 0.2) is 5.65 Å². The first kappa shape index (κ1) is 31.6. The average Bonchev–Trinajstić information content (AvgIpc) is 3.46. The minimum atomic E-state index is -1.09. The molecule has 7 fully saturated rings. The van der Waals surface area contributed by atoms with Crippen molar-refractivity contribution in [3.05, 3.63) is 60.9 Å². The molecule has 3 aliphatic heterocycles. The number of ether oxygens (including phenoxy) is 1. The number of aromatic nitrogens is 4. The van der Waals surface area contributed by atoms with Gasteiger partial charge in [-0.1, -0.05) is 18.2 Å². The molecule has 2 atom stereocenters. The molecule has 4 aliphatic carbocycles. The van der Waals surface area contributed by atoms with Gasteiger partial charge in [0.05, 0.1) is 11.4 Å². The van der Waals surface area contributed by atoms with E-state index in [9.17, 15) is 4.79 Å². The van der Waals surface area contributed by atoms with Crippen molar-refractivity contribution in [3.8, 4) is 22.8 Å². The van der Waals surface area contributed by atoms with Gasteiger partial charge in [-0.2, -0.15) is 5.10 Å². The molecule has 11 rings (SSSR count). The van der Waals surface area contributed by atoms with Crippen LogP contribution in [-0.4, -0.2) is 97.9 Å². The van der Waals surface area contributed by atoms with E-state index in [0.29, 0.717) is 64.7 Å². The van der Waals surface area contributed by atoms with Crippen LogP contribution >= 0.6 is 0 Å². The molecule has 4 bridgehead atoms. The Hall–Kier alpha value is -4.09. The van der Waals surface area contributed by atoms with Gasteiger partial charge < -0.3 is 15.4 Å². The van der Waals surface area contributed by atoms with Crippen LogP contribution in [0.15, 0.2) is 60.9 Å². The zero-order valence-corrected chi connectivity index (χ0v) is 29.1. The summed E-state index contributed by atoms with van der Waals surface area (Å²) >= 11 is 0. The number of piperidine rings is 1. The number of carbonyl (C=O) groups is 1. The van der Waals surface area contributed by atoms with Crippen LogP contribution in [0.3, 0.4) is 0 Å². The van der Waals surface area contributed by atoms with Gasteiger partial charge >= 0.3 is 0 Å². The summed E-state index contributed by atoms with van der Waals surface area (Å²) in [6.07, 6.45) is 9.89. The van der Waals surface area contributed by atoms with Crippen molar-refractivity contribution in [1.29, 1.82) is 0 Å². The Morgan fingerprint density at radius 1 is 0.843 bits per heavy atom. The lowest BCUT2D eigenvalue weighted by Gasteiger charge is -2.58. The van der Waals surface area contributed by atoms with E-state index in [2.05, 4.69) is 24.7 Å². The second-order valence-corrected chi connectivity index (χ2v) is 16.7. The molecule has 51 heavy (non-hydrogen) atoms. The largest absolute Gasteiger partial charge is 0.457 e. The van der Waals surface area contributed by atoms with Gasteiger partial charge in [0.2, 0.25) is 5.91 Å². The van der Waals surface area contributed by atoms with Crippen molar-refractivity contribution < 1.29 is 13.9 Å². The van der Waals surface area contributed by atoms with Gasteiger partial charge in [-0.3, -0.25) is 14.6 Å². The van der Waals surface area contributed by atoms with Gasteiger partial charge in [0.1, 0.15) is 35.5 Å². The van der Waals surface area contributed by atoms with E-state index in [1.165, 1.54) is 44.9 Å². The lowest BCUT2D eigenvalue weighted by atomic mass is 9.49. The lowest BCUT2D eigenvalue weighted by Crippen LogP contribution is -2.71. The molecule has 0 spiro atoms. The predicted octanol–water partition coefficient (Wildman–Crippen LogP) is 5.95. The van der Waals surface area contributed by atoms with Crippen LogP contribution < -0.4 is 10.5 Å². The molecule has 0 radical (unpaired) electrons. The Morgan fingerprint density at radius 3 is 2.20 bits per heavy atom. The van der Waals surface area contributed by atoms with Crippen LogP contribution in [0.5, 0.6) is 11.5 Å². The van der Waals surface area contributed by atoms with Crippen LogP contribution in [0.4, 0.5) is 10.2 Å². The summed E-state index contributed by atoms with van der Waals surface area (Å²) in [6.45, 7) is 4.77. The first-order valence-electron chi connectivity index (χ1n) is 19.1. The summed E-state index contributed by atoms with van der Waals surface area (Å²) in [5.41, 5.74) is 8.73. The number of anilines is 1. The standard InChI is InChI=1S/C40H47FN8O2/c41-33-23-46(29-19-47(20-29)30-21-48(22-30)35(50)18-40-15-25-12-26(16-40)14-27(13-25)17-40)11-10-34(33)49-39-36(38(42)43-24-44-39)37(45-49)28-6-8-32(9-7-28)51-31-4-2-1-3-5-31/h1-9,24-27,29-30,33-34H,10-23H2,(H2,42,43,44). The van der Waals surface area contributed by atoms with Crippen molar-refractivity contribution in [3.63, 3.8) is 0 Å². The first-order valence-corrected chi connectivity index (χ1v) is 19.1. The maximum absolute atomic E-state index is 16.1. The Balaban J connectivity index is 0.752. The third-order valence-corrected chi connectivity index (χ3v) is 13.3. The number of halogens is 1. The molecule has 266 valence electrons. The molecule has 2 N–H and O–H groups in total. The highest BCUT2D eigenvalue weighted by Gasteiger charge is 2.53. The number of amides is 1. The van der Waals surface area contributed by atoms with Crippen LogP contribution in [0.1, 0.15) is 57.4 Å². The zero-order chi connectivity index (χ0) is 34.3. The minimum absolute atomic E-state index is 0.307. The molecule has 10 nitrogen and oxygen atoms in total. The fraction of sp³-hybridized carbons (Fsp3) is 0.550. The monoisotopic (exact) mass is 690 g/mol. The van der Waals surface area contributed by atoms with Gasteiger partial charge in [0, 0.05) is 63.3 Å². The Labute approximate surface area is 298 Å². The van der Waals surface area contributed by atoms with Crippen molar-refractivity contribution in [2.45, 2.75) is 75.7 Å². The molecular formula is C40H47FN8O2. The van der Waals surface area contributed by atoms with E-state index in [-0.39, 0.29) is 0 Å². The van der Waals surface area contributed by atoms with E-state index in [0.717, 1.165) is 68.2 Å². The number of nitrogens with zero attached hydrogens (tertiary/aromatic N) is 7. The number of nitrogen functional groups attached to an aromatic ring is 1. The average molecular weight is 691 g/mol. The SMILES string of the molecule is Nc1ncnc2c1c(-c1ccc(Oc3ccccc3)cc1)nn2C1CCN(C2CN(C3CN(C(=O)CC45CC6CC(CC(C6)C4)C5)C3)C2)CC1F. The zero-order valence-electron chi connectivity index (χ0n) is 29.1. The van der Waals surface area contributed by atoms with Gasteiger partial charge in [0.25, 0.3) is 0 Å². The highest BCUT2D eigenvalue weighted by molar-refractivity contribution is 5.98. The summed E-state index contributed by atoms with van der Waals surface area (Å²) in [5, 5.41) is 5.58. The summed E-state index contributed by atoms with van der Waals surface area (Å²) < 4.78 is 23.9. The normalized spacial score (nSPS) is 31.2. The van der Waals surface area contributed by atoms with E-state index >= 15 is 4.39 Å². The number of hydrogen-bond donors (Lipinski definition) is 1. The van der Waals surface area contributed by atoms with E-state index in [1.807, 2.05) is 54.6 Å². The Bertz CT molecular complexity index is 1890. The second-order valence-electron chi connectivity index (χ2n) is 16.7. The van der Waals surface area contributed by atoms with Crippen molar-refractivity contribution in [1.82, 2.24) is 34.4 Å². The third kappa shape index (κ3) is 5.67. The van der Waals surface area contributed by atoms with Crippen molar-refractivity contribution >= 4 is 22.8 Å². The second kappa shape index (κ2) is 12.3. The topological polar surface area (TPSA) is 106 Å². The number of likely N-dealkylation sites (tertiary alicyclic amines) is 3. The molecule has 4 aromatic rings. The van der Waals surface area contributed by atoms with Crippen LogP contribution in [-0.2, 0) is 4.79 Å². The molecule has 2 aromatic carbocycles. The smallest absolute Gasteiger partial charge is 0.223 e. The lowest BCUT2D eigenvalue weighted by molar-refractivity contribution is -0.149. The van der Waals surface area contributed by atoms with Gasteiger partial charge in [-0.05, 0) is 105 Å². The number of nitrogens with two attached hydrogens (primary N) is 1. The predicted molar refractivity (Wildman–Crippen MR) is 193 cm³/mol. The number of hydrogen-bond acceptors (Lipinski definition) is 8. The van der Waals surface area contributed by atoms with Gasteiger partial charge in [-0.15, -0.1) is 0 Å². The minimum Gasteiger partial charge on any atom is -0.457 e. The number of benzene rings is 2. The first-order chi connectivity index (χ1) is 24.9. The Morgan fingerprint density at radius 2 is 1.51 bits per heavy atom. The van der Waals surface area contributed by atoms with E-state index in [4.69, 9.17) is 15.6 Å². The van der Waals surface area contributed by atoms with Crippen LogP contribution in [0, 0.1) is 23.2 Å². The summed E-state index contributed by atoms with van der Waals surface area (Å²) in [5.74, 6) is 4.84. The van der Waals surface area contributed by atoms with Crippen LogP contribution in [0.2, 0.25) is 0 Å². The number of carbonyl (C=O) groups excluding carboxylic acids is 1. The summed E-state index contributed by atoms with van der Waals surface area (Å²) in [4.78, 5) is 29.1. The van der Waals surface area contributed by atoms with Gasteiger partial charge in [-0.25, -0.2) is 19.0 Å². The molecule has 5 heterocycles. The number of alkyl halides is 1. The molecule has 1 amide bonds. The van der Waals surface area contributed by atoms with E-state index < -0.39 is 12.2 Å². The molecule has 7 aliphatic rings. The molecule has 2 unspecified atom stereocenters. The molecule has 2 aromatic heterocycles. The maximum Gasteiger partial charge on any atom is 0.223 e. The molecule has 11 heteroatoms. The number of rotatable bonds is 8. The molecule has 3 saturated heterocycles. The molecular weight excluding hydrogens is 643 g/mol. The van der Waals surface area contributed by atoms with Crippen molar-refractivity contribution in [2.24, 2.45) is 23.2 Å². The molecule has 4 saturated carbocycles. The quantitative estimate of drug-likeness (QED) is 0.242.